The summed E-state index contributed by atoms with van der Waals surface area (Å²) in [5.74, 6) is -0.254. The molecule has 0 spiro atoms. The van der Waals surface area contributed by atoms with Gasteiger partial charge in [-0.3, -0.25) is 15.0 Å². The molecular weight excluding hydrogens is 324 g/mol. The lowest BCUT2D eigenvalue weighted by Crippen LogP contribution is -2.49. The van der Waals surface area contributed by atoms with Gasteiger partial charge in [-0.2, -0.15) is 0 Å². The van der Waals surface area contributed by atoms with Crippen LogP contribution >= 0.6 is 23.7 Å². The molecule has 1 unspecified atom stereocenters. The van der Waals surface area contributed by atoms with Crippen molar-refractivity contribution in [2.75, 3.05) is 26.7 Å². The van der Waals surface area contributed by atoms with Crippen molar-refractivity contribution in [2.45, 2.75) is 25.4 Å². The minimum absolute atomic E-state index is 0. The van der Waals surface area contributed by atoms with E-state index in [1.165, 1.54) is 0 Å². The van der Waals surface area contributed by atoms with Crippen molar-refractivity contribution in [1.82, 2.24) is 20.9 Å². The van der Waals surface area contributed by atoms with Gasteiger partial charge in [0.15, 0.2) is 0 Å². The van der Waals surface area contributed by atoms with Crippen molar-refractivity contribution < 1.29 is 9.59 Å². The molecule has 124 valence electrons. The fraction of sp³-hybridized carbons (Fsp3) is 0.571. The van der Waals surface area contributed by atoms with E-state index in [9.17, 15) is 9.59 Å². The van der Waals surface area contributed by atoms with Crippen LogP contribution in [-0.2, 0) is 11.3 Å². The fourth-order valence-electron chi connectivity index (χ4n) is 2.43. The first kappa shape index (κ1) is 18.9. The van der Waals surface area contributed by atoms with Gasteiger partial charge in [-0.05, 0) is 37.9 Å². The van der Waals surface area contributed by atoms with Gasteiger partial charge in [0.1, 0.15) is 0 Å². The highest BCUT2D eigenvalue weighted by atomic mass is 35.5. The zero-order valence-electron chi connectivity index (χ0n) is 12.6. The number of nitrogens with one attached hydrogen (secondary N) is 3. The number of likely N-dealkylation sites (N-methyl/N-ethyl adjacent to an activating group) is 1. The van der Waals surface area contributed by atoms with E-state index in [1.807, 2.05) is 24.6 Å². The van der Waals surface area contributed by atoms with Crippen LogP contribution in [0.3, 0.4) is 0 Å². The van der Waals surface area contributed by atoms with Gasteiger partial charge in [0.2, 0.25) is 5.91 Å². The van der Waals surface area contributed by atoms with E-state index < -0.39 is 6.03 Å². The summed E-state index contributed by atoms with van der Waals surface area (Å²) in [5, 5.41) is 10.2. The number of halogens is 1. The lowest BCUT2D eigenvalue weighted by atomic mass is 10.1. The summed E-state index contributed by atoms with van der Waals surface area (Å²) in [6, 6.07) is 3.87. The molecule has 22 heavy (non-hydrogen) atoms. The summed E-state index contributed by atoms with van der Waals surface area (Å²) in [6.45, 7) is 2.47. The van der Waals surface area contributed by atoms with Crippen LogP contribution in [0, 0.1) is 0 Å². The number of piperidine rings is 1. The molecule has 0 radical (unpaired) electrons. The molecule has 1 saturated heterocycles. The van der Waals surface area contributed by atoms with Crippen molar-refractivity contribution in [3.63, 3.8) is 0 Å². The molecule has 6 nitrogen and oxygen atoms in total. The Bertz CT molecular complexity index is 469. The molecule has 1 atom stereocenters. The molecule has 2 rings (SSSR count). The number of urea groups is 1. The molecule has 0 bridgehead atoms. The van der Waals surface area contributed by atoms with Crippen LogP contribution in [0.15, 0.2) is 17.5 Å². The summed E-state index contributed by atoms with van der Waals surface area (Å²) in [4.78, 5) is 26.6. The number of nitrogens with zero attached hydrogens (tertiary/aromatic N) is 1. The fourth-order valence-corrected chi connectivity index (χ4v) is 3.07. The molecule has 1 fully saturated rings. The Morgan fingerprint density at radius 3 is 2.95 bits per heavy atom. The summed E-state index contributed by atoms with van der Waals surface area (Å²) in [7, 11) is 1.94. The van der Waals surface area contributed by atoms with Crippen LogP contribution in [0.4, 0.5) is 4.79 Å². The zero-order valence-corrected chi connectivity index (χ0v) is 14.3. The van der Waals surface area contributed by atoms with Gasteiger partial charge in [0.25, 0.3) is 0 Å². The van der Waals surface area contributed by atoms with E-state index in [2.05, 4.69) is 20.9 Å². The molecule has 0 aliphatic carbocycles. The predicted molar refractivity (Wildman–Crippen MR) is 90.5 cm³/mol. The van der Waals surface area contributed by atoms with Gasteiger partial charge >= 0.3 is 6.03 Å². The number of imide groups is 1. The summed E-state index contributed by atoms with van der Waals surface area (Å²) < 4.78 is 0. The maximum absolute atomic E-state index is 11.8. The molecule has 1 aromatic rings. The lowest BCUT2D eigenvalue weighted by molar-refractivity contribution is -0.121. The normalized spacial score (nSPS) is 18.3. The highest BCUT2D eigenvalue weighted by Gasteiger charge is 2.20. The number of carbonyl (C=O) groups excluding carboxylic acids is 2. The largest absolute Gasteiger partial charge is 0.333 e. The van der Waals surface area contributed by atoms with Crippen LogP contribution in [0.5, 0.6) is 0 Å². The van der Waals surface area contributed by atoms with Crippen LogP contribution in [0.2, 0.25) is 0 Å². The Morgan fingerprint density at radius 1 is 1.45 bits per heavy atom. The van der Waals surface area contributed by atoms with Crippen molar-refractivity contribution in [2.24, 2.45) is 0 Å². The lowest BCUT2D eigenvalue weighted by Gasteiger charge is -2.31. The van der Waals surface area contributed by atoms with Crippen molar-refractivity contribution in [3.05, 3.63) is 22.4 Å². The van der Waals surface area contributed by atoms with Gasteiger partial charge < -0.3 is 10.6 Å². The van der Waals surface area contributed by atoms with E-state index in [4.69, 9.17) is 0 Å². The first-order chi connectivity index (χ1) is 10.2. The van der Waals surface area contributed by atoms with E-state index in [0.717, 1.165) is 30.8 Å². The Balaban J connectivity index is 0.00000242. The topological polar surface area (TPSA) is 73.5 Å². The molecule has 1 aromatic heterocycles. The number of thiophene rings is 1. The van der Waals surface area contributed by atoms with Crippen molar-refractivity contribution >= 4 is 35.7 Å². The first-order valence-electron chi connectivity index (χ1n) is 7.17. The molecule has 3 amide bonds. The van der Waals surface area contributed by atoms with Crippen LogP contribution in [-0.4, -0.2) is 49.6 Å². The van der Waals surface area contributed by atoms with Crippen molar-refractivity contribution in [1.29, 1.82) is 0 Å². The Kier molecular flexibility index (Phi) is 8.40. The highest BCUT2D eigenvalue weighted by molar-refractivity contribution is 7.09. The highest BCUT2D eigenvalue weighted by Crippen LogP contribution is 2.09. The van der Waals surface area contributed by atoms with Gasteiger partial charge in [-0.1, -0.05) is 6.07 Å². The minimum atomic E-state index is -0.435. The Morgan fingerprint density at radius 2 is 2.27 bits per heavy atom. The number of hydrogen-bond donors (Lipinski definition) is 3. The van der Waals surface area contributed by atoms with Crippen molar-refractivity contribution in [3.8, 4) is 0 Å². The standard InChI is InChI=1S/C14H22N4O2S.ClH/c1-15-11-4-2-6-18(9-11)10-13(19)17-14(20)16-8-12-5-3-7-21-12;/h3,5,7,11,15H,2,4,6,8-10H2,1H3,(H2,16,17,19,20);1H. The second kappa shape index (κ2) is 9.78. The summed E-state index contributed by atoms with van der Waals surface area (Å²) >= 11 is 1.57. The van der Waals surface area contributed by atoms with Crippen LogP contribution < -0.4 is 16.0 Å². The summed E-state index contributed by atoms with van der Waals surface area (Å²) in [6.07, 6.45) is 2.21. The average Bonchev–Trinajstić information content (AvgIpc) is 2.98. The monoisotopic (exact) mass is 346 g/mol. The number of hydrogen-bond acceptors (Lipinski definition) is 5. The van der Waals surface area contributed by atoms with E-state index in [-0.39, 0.29) is 24.9 Å². The maximum Gasteiger partial charge on any atom is 0.321 e. The third kappa shape index (κ3) is 6.31. The molecule has 0 saturated carbocycles. The molecule has 2 heterocycles. The number of carbonyl (C=O) groups is 2. The quantitative estimate of drug-likeness (QED) is 0.748. The predicted octanol–water partition coefficient (Wildman–Crippen LogP) is 1.18. The second-order valence-corrected chi connectivity index (χ2v) is 6.21. The zero-order chi connectivity index (χ0) is 15.1. The smallest absolute Gasteiger partial charge is 0.321 e. The van der Waals surface area contributed by atoms with E-state index >= 15 is 0 Å². The van der Waals surface area contributed by atoms with Crippen LogP contribution in [0.1, 0.15) is 17.7 Å². The molecular formula is C14H23ClN4O2S. The Hall–Kier alpha value is -1.15. The number of rotatable bonds is 5. The first-order valence-corrected chi connectivity index (χ1v) is 8.05. The van der Waals surface area contributed by atoms with E-state index in [1.54, 1.807) is 11.3 Å². The Labute approximate surface area is 141 Å². The van der Waals surface area contributed by atoms with Gasteiger partial charge in [0, 0.05) is 17.5 Å². The summed E-state index contributed by atoms with van der Waals surface area (Å²) in [5.41, 5.74) is 0. The minimum Gasteiger partial charge on any atom is -0.333 e. The molecule has 1 aliphatic rings. The van der Waals surface area contributed by atoms with Gasteiger partial charge in [0.05, 0.1) is 13.1 Å². The molecule has 8 heteroatoms. The maximum atomic E-state index is 11.8. The molecule has 0 aromatic carbocycles. The second-order valence-electron chi connectivity index (χ2n) is 5.17. The number of amides is 3. The SMILES string of the molecule is CNC1CCCN(CC(=O)NC(=O)NCc2cccs2)C1.Cl. The molecule has 1 aliphatic heterocycles. The van der Waals surface area contributed by atoms with Gasteiger partial charge in [-0.25, -0.2) is 4.79 Å². The average molecular weight is 347 g/mol. The molecule has 3 N–H and O–H groups in total. The number of likely N-dealkylation sites (tertiary alicyclic amines) is 1. The van der Waals surface area contributed by atoms with E-state index in [0.29, 0.717) is 12.6 Å². The third-order valence-corrected chi connectivity index (χ3v) is 4.41. The van der Waals surface area contributed by atoms with Crippen LogP contribution in [0.25, 0.3) is 0 Å². The van der Waals surface area contributed by atoms with Gasteiger partial charge in [-0.15, -0.1) is 23.7 Å². The third-order valence-electron chi connectivity index (χ3n) is 3.54.